The summed E-state index contributed by atoms with van der Waals surface area (Å²) < 4.78 is 0. The maximum Gasteiger partial charge on any atom is 0.225 e. The topological polar surface area (TPSA) is 29.1 Å². The minimum atomic E-state index is -0.315. The van der Waals surface area contributed by atoms with Crippen LogP contribution in [-0.4, -0.2) is 11.4 Å². The number of carbonyl (C=O) groups is 1. The summed E-state index contributed by atoms with van der Waals surface area (Å²) in [6.07, 6.45) is 0.976. The summed E-state index contributed by atoms with van der Waals surface area (Å²) in [7, 11) is 0. The minimum Gasteiger partial charge on any atom is -0.350 e. The van der Waals surface area contributed by atoms with E-state index >= 15 is 0 Å². The molecule has 16 heavy (non-hydrogen) atoms. The maximum absolute atomic E-state index is 12.1. The zero-order chi connectivity index (χ0) is 13.1. The Kier molecular flexibility index (Phi) is 5.03. The van der Waals surface area contributed by atoms with Gasteiger partial charge >= 0.3 is 0 Å². The molecular weight excluding hydrogens is 198 g/mol. The first kappa shape index (κ1) is 15.5. The summed E-state index contributed by atoms with van der Waals surface area (Å²) in [4.78, 5) is 12.1. The Balaban J connectivity index is 5.02. The smallest absolute Gasteiger partial charge is 0.225 e. The predicted octanol–water partition coefficient (Wildman–Crippen LogP) is 3.61. The number of hydrogen-bond donors (Lipinski definition) is 1. The molecule has 0 spiro atoms. The van der Waals surface area contributed by atoms with Gasteiger partial charge in [-0.05, 0) is 18.3 Å². The molecule has 2 heteroatoms. The van der Waals surface area contributed by atoms with Gasteiger partial charge in [0.15, 0.2) is 0 Å². The van der Waals surface area contributed by atoms with E-state index in [2.05, 4.69) is 39.9 Å². The molecule has 96 valence electrons. The van der Waals surface area contributed by atoms with E-state index in [-0.39, 0.29) is 16.9 Å². The lowest BCUT2D eigenvalue weighted by Gasteiger charge is -2.43. The molecule has 2 nitrogen and oxygen atoms in total. The Morgan fingerprint density at radius 3 is 1.62 bits per heavy atom. The third kappa shape index (κ3) is 3.23. The third-order valence-electron chi connectivity index (χ3n) is 3.67. The molecule has 0 saturated heterocycles. The Labute approximate surface area is 101 Å². The fraction of sp³-hybridized carbons (Fsp3) is 0.929. The molecule has 0 bridgehead atoms. The quantitative estimate of drug-likeness (QED) is 0.781. The van der Waals surface area contributed by atoms with Crippen LogP contribution >= 0.6 is 0 Å². The van der Waals surface area contributed by atoms with Gasteiger partial charge in [-0.3, -0.25) is 4.79 Å². The predicted molar refractivity (Wildman–Crippen MR) is 70.3 cm³/mol. The van der Waals surface area contributed by atoms with Crippen molar-refractivity contribution in [3.8, 4) is 0 Å². The van der Waals surface area contributed by atoms with E-state index < -0.39 is 0 Å². The summed E-state index contributed by atoms with van der Waals surface area (Å²) in [6, 6.07) is 0. The molecular formula is C14H29NO. The molecule has 0 aromatic heterocycles. The lowest BCUT2D eigenvalue weighted by molar-refractivity contribution is -0.132. The van der Waals surface area contributed by atoms with Crippen LogP contribution in [0.2, 0.25) is 0 Å². The summed E-state index contributed by atoms with van der Waals surface area (Å²) >= 11 is 0. The van der Waals surface area contributed by atoms with Gasteiger partial charge in [0.05, 0.1) is 0 Å². The molecule has 0 saturated carbocycles. The van der Waals surface area contributed by atoms with Crippen LogP contribution < -0.4 is 5.32 Å². The molecule has 1 amide bonds. The molecule has 0 aromatic carbocycles. The zero-order valence-electron chi connectivity index (χ0n) is 12.3. The van der Waals surface area contributed by atoms with Gasteiger partial charge in [-0.1, -0.05) is 55.4 Å². The van der Waals surface area contributed by atoms with Crippen molar-refractivity contribution in [2.24, 2.45) is 17.3 Å². The Morgan fingerprint density at radius 1 is 1.06 bits per heavy atom. The summed E-state index contributed by atoms with van der Waals surface area (Å²) in [6.45, 7) is 16.8. The number of rotatable bonds is 4. The van der Waals surface area contributed by atoms with Gasteiger partial charge in [-0.15, -0.1) is 0 Å². The molecule has 0 aliphatic rings. The van der Waals surface area contributed by atoms with Crippen LogP contribution in [0.1, 0.15) is 61.8 Å². The molecule has 0 radical (unpaired) electrons. The standard InChI is InChI=1S/C14H29NO/c1-9-14(10(2)3,11(4)5)15-12(16)13(6,7)8/h10-11H,9H2,1-8H3,(H,15,16). The highest BCUT2D eigenvalue weighted by atomic mass is 16.2. The van der Waals surface area contributed by atoms with E-state index in [1.54, 1.807) is 0 Å². The van der Waals surface area contributed by atoms with E-state index in [1.165, 1.54) is 0 Å². The van der Waals surface area contributed by atoms with Crippen LogP contribution in [-0.2, 0) is 4.79 Å². The Hall–Kier alpha value is -0.530. The second kappa shape index (κ2) is 5.20. The van der Waals surface area contributed by atoms with Crippen LogP contribution in [0.25, 0.3) is 0 Å². The average molecular weight is 227 g/mol. The van der Waals surface area contributed by atoms with Crippen LogP contribution in [0.4, 0.5) is 0 Å². The lowest BCUT2D eigenvalue weighted by atomic mass is 9.74. The lowest BCUT2D eigenvalue weighted by Crippen LogP contribution is -2.58. The molecule has 0 aliphatic carbocycles. The fourth-order valence-corrected chi connectivity index (χ4v) is 2.26. The Morgan fingerprint density at radius 2 is 1.44 bits per heavy atom. The number of nitrogens with one attached hydrogen (secondary N) is 1. The molecule has 0 rings (SSSR count). The van der Waals surface area contributed by atoms with E-state index in [0.29, 0.717) is 11.8 Å². The van der Waals surface area contributed by atoms with Crippen LogP contribution in [0, 0.1) is 17.3 Å². The van der Waals surface area contributed by atoms with Crippen LogP contribution in [0.3, 0.4) is 0 Å². The summed E-state index contributed by atoms with van der Waals surface area (Å²) in [5.74, 6) is 1.05. The van der Waals surface area contributed by atoms with E-state index in [0.717, 1.165) is 6.42 Å². The highest BCUT2D eigenvalue weighted by molar-refractivity contribution is 5.82. The monoisotopic (exact) mass is 227 g/mol. The van der Waals surface area contributed by atoms with Crippen molar-refractivity contribution in [3.63, 3.8) is 0 Å². The first-order valence-electron chi connectivity index (χ1n) is 6.40. The van der Waals surface area contributed by atoms with Crippen molar-refractivity contribution in [2.75, 3.05) is 0 Å². The molecule has 1 N–H and O–H groups in total. The molecule has 0 unspecified atom stereocenters. The summed E-state index contributed by atoms with van der Waals surface area (Å²) in [5.41, 5.74) is -0.394. The molecule has 0 aliphatic heterocycles. The number of carbonyl (C=O) groups excluding carboxylic acids is 1. The second-order valence-corrected chi connectivity index (χ2v) is 6.41. The van der Waals surface area contributed by atoms with Gasteiger partial charge in [0.25, 0.3) is 0 Å². The second-order valence-electron chi connectivity index (χ2n) is 6.41. The van der Waals surface area contributed by atoms with Crippen molar-refractivity contribution in [3.05, 3.63) is 0 Å². The van der Waals surface area contributed by atoms with Crippen LogP contribution in [0.15, 0.2) is 0 Å². The number of amides is 1. The third-order valence-corrected chi connectivity index (χ3v) is 3.67. The SMILES string of the molecule is CCC(NC(=O)C(C)(C)C)(C(C)C)C(C)C. The van der Waals surface area contributed by atoms with Gasteiger partial charge < -0.3 is 5.32 Å². The van der Waals surface area contributed by atoms with Crippen molar-refractivity contribution >= 4 is 5.91 Å². The Bertz CT molecular complexity index is 228. The fourth-order valence-electron chi connectivity index (χ4n) is 2.26. The van der Waals surface area contributed by atoms with Gasteiger partial charge in [0.1, 0.15) is 0 Å². The average Bonchev–Trinajstić information content (AvgIpc) is 2.10. The van der Waals surface area contributed by atoms with Crippen LogP contribution in [0.5, 0.6) is 0 Å². The molecule has 0 atom stereocenters. The first-order chi connectivity index (χ1) is 7.08. The van der Waals surface area contributed by atoms with Gasteiger partial charge in [0.2, 0.25) is 5.91 Å². The normalized spacial score (nSPS) is 13.4. The van der Waals surface area contributed by atoms with Crippen molar-refractivity contribution in [1.82, 2.24) is 5.32 Å². The summed E-state index contributed by atoms with van der Waals surface area (Å²) in [5, 5.41) is 3.28. The van der Waals surface area contributed by atoms with Gasteiger partial charge in [-0.2, -0.15) is 0 Å². The molecule has 0 fully saturated rings. The van der Waals surface area contributed by atoms with E-state index in [1.807, 2.05) is 20.8 Å². The zero-order valence-corrected chi connectivity index (χ0v) is 12.3. The molecule has 0 aromatic rings. The highest BCUT2D eigenvalue weighted by Crippen LogP contribution is 2.31. The maximum atomic E-state index is 12.1. The van der Waals surface area contributed by atoms with E-state index in [9.17, 15) is 4.79 Å². The number of hydrogen-bond acceptors (Lipinski definition) is 1. The van der Waals surface area contributed by atoms with Crippen molar-refractivity contribution < 1.29 is 4.79 Å². The van der Waals surface area contributed by atoms with Gasteiger partial charge in [-0.25, -0.2) is 0 Å². The van der Waals surface area contributed by atoms with E-state index in [4.69, 9.17) is 0 Å². The first-order valence-corrected chi connectivity index (χ1v) is 6.40. The van der Waals surface area contributed by atoms with Crippen molar-refractivity contribution in [1.29, 1.82) is 0 Å². The van der Waals surface area contributed by atoms with Gasteiger partial charge in [0, 0.05) is 11.0 Å². The minimum absolute atomic E-state index is 0.0790. The molecule has 0 heterocycles. The van der Waals surface area contributed by atoms with Crippen molar-refractivity contribution in [2.45, 2.75) is 67.3 Å². The highest BCUT2D eigenvalue weighted by Gasteiger charge is 2.38. The largest absolute Gasteiger partial charge is 0.350 e.